The van der Waals surface area contributed by atoms with E-state index in [2.05, 4.69) is 27.7 Å². The van der Waals surface area contributed by atoms with Gasteiger partial charge < -0.3 is 33.8 Å². The topological polar surface area (TPSA) is 237 Å². The molecule has 2 unspecified atom stereocenters. The summed E-state index contributed by atoms with van der Waals surface area (Å²) in [5.74, 6) is -2.10. The molecule has 0 fully saturated rings. The lowest BCUT2D eigenvalue weighted by Gasteiger charge is -2.21. The summed E-state index contributed by atoms with van der Waals surface area (Å²) in [6.45, 7) is 5.03. The van der Waals surface area contributed by atoms with E-state index in [1.165, 1.54) is 302 Å². The molecule has 0 aliphatic carbocycles. The maximum absolute atomic E-state index is 13.1. The van der Waals surface area contributed by atoms with Gasteiger partial charge in [0.1, 0.15) is 19.3 Å². The highest BCUT2D eigenvalue weighted by Crippen LogP contribution is 2.45. The highest BCUT2D eigenvalue weighted by atomic mass is 31.2. The molecule has 17 nitrogen and oxygen atoms in total. The second-order valence-corrected chi connectivity index (χ2v) is 33.8. The van der Waals surface area contributed by atoms with Gasteiger partial charge in [-0.2, -0.15) is 0 Å². The van der Waals surface area contributed by atoms with Crippen LogP contribution in [-0.4, -0.2) is 96.7 Å². The third-order valence-corrected chi connectivity index (χ3v) is 22.3. The predicted molar refractivity (Wildman–Crippen MR) is 432 cm³/mol. The van der Waals surface area contributed by atoms with Gasteiger partial charge in [0.15, 0.2) is 12.2 Å². The molecule has 0 aromatic rings. The van der Waals surface area contributed by atoms with Crippen molar-refractivity contribution >= 4 is 39.5 Å². The molecule has 3 N–H and O–H groups in total. The summed E-state index contributed by atoms with van der Waals surface area (Å²) in [6, 6.07) is 0. The van der Waals surface area contributed by atoms with Crippen molar-refractivity contribution < 1.29 is 80.2 Å². The van der Waals surface area contributed by atoms with E-state index in [9.17, 15) is 43.2 Å². The summed E-state index contributed by atoms with van der Waals surface area (Å²) in [5, 5.41) is 10.7. The summed E-state index contributed by atoms with van der Waals surface area (Å²) < 4.78 is 68.8. The number of unbranched alkanes of at least 4 members (excludes halogenated alkanes) is 61. The summed E-state index contributed by atoms with van der Waals surface area (Å²) >= 11 is 0. The fourth-order valence-electron chi connectivity index (χ4n) is 13.5. The summed E-state index contributed by atoms with van der Waals surface area (Å²) in [5.41, 5.74) is 0. The van der Waals surface area contributed by atoms with Crippen molar-refractivity contribution in [3.8, 4) is 0 Å². The van der Waals surface area contributed by atoms with Crippen LogP contribution in [0.1, 0.15) is 471 Å². The van der Waals surface area contributed by atoms with E-state index in [0.29, 0.717) is 25.7 Å². The van der Waals surface area contributed by atoms with E-state index in [4.69, 9.17) is 37.0 Å². The minimum Gasteiger partial charge on any atom is -0.462 e. The molecule has 0 heterocycles. The molecule has 0 saturated heterocycles. The first-order chi connectivity index (χ1) is 51.2. The Hall–Kier alpha value is -1.94. The number of aliphatic hydroxyl groups excluding tert-OH is 1. The number of phosphoric ester groups is 2. The van der Waals surface area contributed by atoms with Gasteiger partial charge in [-0.25, -0.2) is 9.13 Å². The van der Waals surface area contributed by atoms with Crippen LogP contribution in [0.5, 0.6) is 0 Å². The number of aliphatic hydroxyl groups is 1. The van der Waals surface area contributed by atoms with Gasteiger partial charge >= 0.3 is 39.5 Å². The van der Waals surface area contributed by atoms with Gasteiger partial charge in [0, 0.05) is 25.7 Å². The Morgan fingerprint density at radius 2 is 0.381 bits per heavy atom. The zero-order valence-corrected chi connectivity index (χ0v) is 70.5. The molecule has 624 valence electrons. The molecule has 0 aromatic carbocycles. The minimum absolute atomic E-state index is 0.109. The van der Waals surface area contributed by atoms with Crippen molar-refractivity contribution in [1.29, 1.82) is 0 Å². The Morgan fingerprint density at radius 1 is 0.229 bits per heavy atom. The Morgan fingerprint density at radius 3 is 0.562 bits per heavy atom. The fraction of sp³-hybridized carbons (Fsp3) is 0.953. The number of hydrogen-bond donors (Lipinski definition) is 3. The number of carbonyl (C=O) groups is 4. The highest BCUT2D eigenvalue weighted by molar-refractivity contribution is 7.47. The maximum Gasteiger partial charge on any atom is 0.472 e. The summed E-state index contributed by atoms with van der Waals surface area (Å²) in [4.78, 5) is 73.1. The molecule has 0 aromatic heterocycles. The average molecular weight is 1540 g/mol. The first-order valence-electron chi connectivity index (χ1n) is 44.8. The smallest absolute Gasteiger partial charge is 0.462 e. The lowest BCUT2D eigenvalue weighted by atomic mass is 10.0. The SMILES string of the molecule is CCCCCCCCCCCCCCCCCCCCCCCCC(=O)O[C@H](COC(=O)CCCCCCCCCCCCCCCCCCCCCC)COP(=O)(O)OC[C@@H](O)COP(=O)(O)OC[C@@H](COC(=O)CCCCCCCCCC)OC(=O)CCCCCCCCCCCCCCCCC. The van der Waals surface area contributed by atoms with E-state index in [0.717, 1.165) is 89.9 Å². The lowest BCUT2D eigenvalue weighted by Crippen LogP contribution is -2.30. The Kier molecular flexibility index (Phi) is 78.6. The van der Waals surface area contributed by atoms with Crippen molar-refractivity contribution in [2.75, 3.05) is 39.6 Å². The molecule has 0 radical (unpaired) electrons. The van der Waals surface area contributed by atoms with Crippen molar-refractivity contribution in [1.82, 2.24) is 0 Å². The molecular formula is C86H168O17P2. The maximum atomic E-state index is 13.1. The van der Waals surface area contributed by atoms with Crippen LogP contribution in [0.15, 0.2) is 0 Å². The number of esters is 4. The van der Waals surface area contributed by atoms with Gasteiger partial charge in [0.2, 0.25) is 0 Å². The molecular weight excluding hydrogens is 1370 g/mol. The standard InChI is InChI=1S/C86H168O17P2/c1-5-9-13-17-21-25-28-31-34-36-38-40-41-43-45-48-51-54-57-61-65-69-73-86(91)103-82(77-97-84(89)71-67-63-59-55-52-49-47-44-42-39-37-35-32-29-26-22-18-14-10-6-2)79-101-105(94,95)99-75-80(87)74-98-104(92,93)100-78-81(76-96-83(88)70-66-62-58-24-20-16-12-8-4)102-85(90)72-68-64-60-56-53-50-46-33-30-27-23-19-15-11-7-3/h80-82,87H,5-79H2,1-4H3,(H,92,93)(H,94,95)/t80-,81+,82+/m0/s1. The Bertz CT molecular complexity index is 1980. The van der Waals surface area contributed by atoms with E-state index in [1.807, 2.05) is 0 Å². The van der Waals surface area contributed by atoms with E-state index < -0.39 is 97.5 Å². The molecule has 105 heavy (non-hydrogen) atoms. The number of ether oxygens (including phenoxy) is 4. The number of phosphoric acid groups is 2. The molecule has 0 amide bonds. The highest BCUT2D eigenvalue weighted by Gasteiger charge is 2.30. The zero-order valence-electron chi connectivity index (χ0n) is 68.7. The quantitative estimate of drug-likeness (QED) is 0.0222. The molecule has 0 rings (SSSR count). The molecule has 0 bridgehead atoms. The monoisotopic (exact) mass is 1540 g/mol. The minimum atomic E-state index is -4.96. The fourth-order valence-corrected chi connectivity index (χ4v) is 15.1. The molecule has 0 spiro atoms. The Balaban J connectivity index is 5.17. The summed E-state index contributed by atoms with van der Waals surface area (Å²) in [6.07, 6.45) is 75.2. The number of rotatable bonds is 87. The molecule has 0 aliphatic rings. The largest absolute Gasteiger partial charge is 0.472 e. The average Bonchev–Trinajstić information content (AvgIpc) is 0.906. The molecule has 0 saturated carbocycles. The van der Waals surface area contributed by atoms with E-state index >= 15 is 0 Å². The lowest BCUT2D eigenvalue weighted by molar-refractivity contribution is -0.161. The van der Waals surface area contributed by atoms with Crippen LogP contribution < -0.4 is 0 Å². The second-order valence-electron chi connectivity index (χ2n) is 30.9. The normalized spacial score (nSPS) is 13.7. The van der Waals surface area contributed by atoms with Crippen LogP contribution in [0.3, 0.4) is 0 Å². The van der Waals surface area contributed by atoms with Crippen LogP contribution in [0.4, 0.5) is 0 Å². The van der Waals surface area contributed by atoms with Crippen LogP contribution in [0.2, 0.25) is 0 Å². The van der Waals surface area contributed by atoms with Gasteiger partial charge in [-0.1, -0.05) is 419 Å². The predicted octanol–water partition coefficient (Wildman–Crippen LogP) is 26.5. The van der Waals surface area contributed by atoms with Crippen molar-refractivity contribution in [2.45, 2.75) is 489 Å². The van der Waals surface area contributed by atoms with Crippen LogP contribution in [0, 0.1) is 0 Å². The third kappa shape index (κ3) is 79.9. The molecule has 19 heteroatoms. The van der Waals surface area contributed by atoms with Crippen molar-refractivity contribution in [3.63, 3.8) is 0 Å². The summed E-state index contributed by atoms with van der Waals surface area (Å²) in [7, 11) is -9.92. The van der Waals surface area contributed by atoms with Crippen molar-refractivity contribution in [2.24, 2.45) is 0 Å². The third-order valence-electron chi connectivity index (χ3n) is 20.4. The van der Waals surface area contributed by atoms with Gasteiger partial charge in [-0.15, -0.1) is 0 Å². The van der Waals surface area contributed by atoms with Crippen LogP contribution in [0.25, 0.3) is 0 Å². The van der Waals surface area contributed by atoms with E-state index in [-0.39, 0.29) is 25.7 Å². The van der Waals surface area contributed by atoms with Gasteiger partial charge in [0.25, 0.3) is 0 Å². The second kappa shape index (κ2) is 80.1. The van der Waals surface area contributed by atoms with Crippen molar-refractivity contribution in [3.05, 3.63) is 0 Å². The van der Waals surface area contributed by atoms with E-state index in [1.54, 1.807) is 0 Å². The van der Waals surface area contributed by atoms with Crippen LogP contribution in [-0.2, 0) is 65.4 Å². The number of carbonyl (C=O) groups excluding carboxylic acids is 4. The zero-order chi connectivity index (χ0) is 76.7. The Labute approximate surface area is 645 Å². The van der Waals surface area contributed by atoms with Crippen LogP contribution >= 0.6 is 15.6 Å². The molecule has 0 aliphatic heterocycles. The van der Waals surface area contributed by atoms with Gasteiger partial charge in [-0.05, 0) is 25.7 Å². The molecule has 5 atom stereocenters. The number of hydrogen-bond acceptors (Lipinski definition) is 15. The van der Waals surface area contributed by atoms with Gasteiger partial charge in [-0.3, -0.25) is 37.3 Å². The first-order valence-corrected chi connectivity index (χ1v) is 47.8. The van der Waals surface area contributed by atoms with Gasteiger partial charge in [0.05, 0.1) is 26.4 Å². The first kappa shape index (κ1) is 103.